The molecule has 0 aliphatic carbocycles. The zero-order valence-corrected chi connectivity index (χ0v) is 16.9. The van der Waals surface area contributed by atoms with Crippen LogP contribution in [-0.4, -0.2) is 31.7 Å². The predicted octanol–water partition coefficient (Wildman–Crippen LogP) is 3.79. The molecular weight excluding hydrogens is 380 g/mol. The number of thiophene rings is 1. The van der Waals surface area contributed by atoms with Crippen molar-refractivity contribution in [3.8, 4) is 0 Å². The molecule has 0 fully saturated rings. The van der Waals surface area contributed by atoms with Gasteiger partial charge in [-0.15, -0.1) is 21.5 Å². The van der Waals surface area contributed by atoms with Crippen LogP contribution in [0.4, 0.5) is 5.69 Å². The molecule has 0 saturated heterocycles. The van der Waals surface area contributed by atoms with Crippen molar-refractivity contribution in [2.75, 3.05) is 5.32 Å². The van der Waals surface area contributed by atoms with E-state index in [-0.39, 0.29) is 16.9 Å². The number of amides is 1. The van der Waals surface area contributed by atoms with Crippen LogP contribution >= 0.6 is 23.1 Å². The van der Waals surface area contributed by atoms with Crippen molar-refractivity contribution in [2.24, 2.45) is 7.05 Å². The maximum absolute atomic E-state index is 12.6. The third-order valence-corrected chi connectivity index (χ3v) is 6.06. The summed E-state index contributed by atoms with van der Waals surface area (Å²) in [6.07, 6.45) is 0.717. The molecule has 2 aromatic heterocycles. The van der Waals surface area contributed by atoms with Crippen molar-refractivity contribution >= 4 is 40.5 Å². The van der Waals surface area contributed by atoms with Crippen LogP contribution in [0.1, 0.15) is 34.9 Å². The zero-order valence-electron chi connectivity index (χ0n) is 15.3. The second-order valence-electron chi connectivity index (χ2n) is 6.07. The lowest BCUT2D eigenvalue weighted by molar-refractivity contribution is -0.115. The van der Waals surface area contributed by atoms with E-state index < -0.39 is 0 Å². The standard InChI is InChI=1S/C19H20N4O2S2/c1-12(24)15-8-4-5-9-16(15)20-18(25)13(2)27-19-22-21-17(23(19)3)11-14-7-6-10-26-14/h4-10,13H,11H2,1-3H3,(H,20,25)/t13-/m1/s1. The molecule has 140 valence electrons. The highest BCUT2D eigenvalue weighted by molar-refractivity contribution is 8.00. The van der Waals surface area contributed by atoms with Gasteiger partial charge in [-0.25, -0.2) is 0 Å². The molecule has 3 rings (SSSR count). The summed E-state index contributed by atoms with van der Waals surface area (Å²) in [6, 6.07) is 11.1. The van der Waals surface area contributed by atoms with Crippen LogP contribution in [0.25, 0.3) is 0 Å². The Hall–Kier alpha value is -2.45. The number of rotatable bonds is 7. The molecule has 3 aromatic rings. The number of hydrogen-bond acceptors (Lipinski definition) is 6. The normalized spacial score (nSPS) is 12.0. The second kappa shape index (κ2) is 8.49. The molecule has 0 radical (unpaired) electrons. The Morgan fingerprint density at radius 2 is 2.00 bits per heavy atom. The lowest BCUT2D eigenvalue weighted by Gasteiger charge is -2.13. The molecule has 2 heterocycles. The van der Waals surface area contributed by atoms with Gasteiger partial charge in [0.25, 0.3) is 0 Å². The molecule has 1 amide bonds. The van der Waals surface area contributed by atoms with E-state index in [4.69, 9.17) is 0 Å². The number of hydrogen-bond donors (Lipinski definition) is 1. The molecule has 0 saturated carbocycles. The van der Waals surface area contributed by atoms with Crippen LogP contribution in [0.2, 0.25) is 0 Å². The fraction of sp³-hybridized carbons (Fsp3) is 0.263. The van der Waals surface area contributed by atoms with Crippen LogP contribution < -0.4 is 5.32 Å². The number of ketones is 1. The van der Waals surface area contributed by atoms with Gasteiger partial charge in [0, 0.05) is 23.9 Å². The minimum absolute atomic E-state index is 0.0854. The van der Waals surface area contributed by atoms with Crippen molar-refractivity contribution in [1.82, 2.24) is 14.8 Å². The van der Waals surface area contributed by atoms with E-state index in [0.717, 1.165) is 5.82 Å². The fourth-order valence-corrected chi connectivity index (χ4v) is 4.05. The lowest BCUT2D eigenvalue weighted by atomic mass is 10.1. The van der Waals surface area contributed by atoms with Gasteiger partial charge in [-0.1, -0.05) is 30.0 Å². The molecule has 0 unspecified atom stereocenters. The van der Waals surface area contributed by atoms with Crippen LogP contribution in [0, 0.1) is 0 Å². The maximum atomic E-state index is 12.6. The molecule has 6 nitrogen and oxygen atoms in total. The van der Waals surface area contributed by atoms with Crippen LogP contribution in [0.15, 0.2) is 46.9 Å². The van der Waals surface area contributed by atoms with Crippen molar-refractivity contribution in [1.29, 1.82) is 0 Å². The molecule has 0 aliphatic heterocycles. The molecular formula is C19H20N4O2S2. The summed E-state index contributed by atoms with van der Waals surface area (Å²) in [5.74, 6) is 0.587. The minimum Gasteiger partial charge on any atom is -0.324 e. The molecule has 1 aromatic carbocycles. The Balaban J connectivity index is 1.67. The van der Waals surface area contributed by atoms with E-state index in [1.165, 1.54) is 23.6 Å². The summed E-state index contributed by atoms with van der Waals surface area (Å²) in [4.78, 5) is 25.5. The average Bonchev–Trinajstić information content (AvgIpc) is 3.27. The molecule has 1 N–H and O–H groups in total. The highest BCUT2D eigenvalue weighted by Gasteiger charge is 2.20. The number of nitrogens with one attached hydrogen (secondary N) is 1. The first kappa shape index (κ1) is 19.3. The van der Waals surface area contributed by atoms with E-state index in [1.807, 2.05) is 30.0 Å². The van der Waals surface area contributed by atoms with E-state index in [2.05, 4.69) is 21.6 Å². The predicted molar refractivity (Wildman–Crippen MR) is 109 cm³/mol. The van der Waals surface area contributed by atoms with Gasteiger partial charge in [0.05, 0.1) is 10.9 Å². The number of thioether (sulfide) groups is 1. The van der Waals surface area contributed by atoms with Gasteiger partial charge < -0.3 is 9.88 Å². The summed E-state index contributed by atoms with van der Waals surface area (Å²) < 4.78 is 1.91. The first-order chi connectivity index (χ1) is 13.0. The Morgan fingerprint density at radius 3 is 2.70 bits per heavy atom. The van der Waals surface area contributed by atoms with E-state index >= 15 is 0 Å². The Bertz CT molecular complexity index is 951. The molecule has 27 heavy (non-hydrogen) atoms. The molecule has 0 bridgehead atoms. The van der Waals surface area contributed by atoms with Crippen molar-refractivity contribution in [3.63, 3.8) is 0 Å². The van der Waals surface area contributed by atoms with Crippen LogP contribution in [0.3, 0.4) is 0 Å². The SMILES string of the molecule is CC(=O)c1ccccc1NC(=O)[C@@H](C)Sc1nnc(Cc2cccs2)n1C. The Labute approximate surface area is 166 Å². The van der Waals surface area contributed by atoms with E-state index in [9.17, 15) is 9.59 Å². The van der Waals surface area contributed by atoms with Gasteiger partial charge >= 0.3 is 0 Å². The van der Waals surface area contributed by atoms with Crippen molar-refractivity contribution in [2.45, 2.75) is 30.7 Å². The number of carbonyl (C=O) groups excluding carboxylic acids is 2. The van der Waals surface area contributed by atoms with Crippen LogP contribution in [-0.2, 0) is 18.3 Å². The lowest BCUT2D eigenvalue weighted by Crippen LogP contribution is -2.23. The highest BCUT2D eigenvalue weighted by Crippen LogP contribution is 2.25. The van der Waals surface area contributed by atoms with Gasteiger partial charge in [0.1, 0.15) is 5.82 Å². The quantitative estimate of drug-likeness (QED) is 0.482. The van der Waals surface area contributed by atoms with Gasteiger partial charge in [-0.3, -0.25) is 9.59 Å². The number of para-hydroxylation sites is 1. The third-order valence-electron chi connectivity index (χ3n) is 4.05. The molecule has 0 aliphatic rings. The Morgan fingerprint density at radius 1 is 1.22 bits per heavy atom. The summed E-state index contributed by atoms with van der Waals surface area (Å²) in [7, 11) is 1.90. The molecule has 1 atom stereocenters. The molecule has 8 heteroatoms. The van der Waals surface area contributed by atoms with Crippen molar-refractivity contribution < 1.29 is 9.59 Å². The Kier molecular flexibility index (Phi) is 6.08. The topological polar surface area (TPSA) is 76.9 Å². The third kappa shape index (κ3) is 4.64. The summed E-state index contributed by atoms with van der Waals surface area (Å²) in [6.45, 7) is 3.29. The summed E-state index contributed by atoms with van der Waals surface area (Å²) in [5.41, 5.74) is 1.03. The van der Waals surface area contributed by atoms with E-state index in [0.29, 0.717) is 22.8 Å². The minimum atomic E-state index is -0.387. The zero-order chi connectivity index (χ0) is 19.4. The number of nitrogens with zero attached hydrogens (tertiary/aromatic N) is 3. The maximum Gasteiger partial charge on any atom is 0.237 e. The number of aromatic nitrogens is 3. The van der Waals surface area contributed by atoms with Gasteiger partial charge in [0.2, 0.25) is 5.91 Å². The summed E-state index contributed by atoms with van der Waals surface area (Å²) >= 11 is 3.02. The smallest absolute Gasteiger partial charge is 0.237 e. The number of benzene rings is 1. The average molecular weight is 401 g/mol. The first-order valence-corrected chi connectivity index (χ1v) is 10.2. The second-order valence-corrected chi connectivity index (χ2v) is 8.41. The number of anilines is 1. The van der Waals surface area contributed by atoms with Gasteiger partial charge in [-0.2, -0.15) is 0 Å². The fourth-order valence-electron chi connectivity index (χ4n) is 2.52. The van der Waals surface area contributed by atoms with E-state index in [1.54, 1.807) is 35.6 Å². The van der Waals surface area contributed by atoms with Gasteiger partial charge in [-0.05, 0) is 37.4 Å². The van der Waals surface area contributed by atoms with Crippen LogP contribution in [0.5, 0.6) is 0 Å². The van der Waals surface area contributed by atoms with Gasteiger partial charge in [0.15, 0.2) is 10.9 Å². The summed E-state index contributed by atoms with van der Waals surface area (Å²) in [5, 5.41) is 13.6. The monoisotopic (exact) mass is 400 g/mol. The number of Topliss-reactive ketones (excluding diaryl/α,β-unsaturated/α-hetero) is 1. The first-order valence-electron chi connectivity index (χ1n) is 8.44. The number of carbonyl (C=O) groups is 2. The largest absolute Gasteiger partial charge is 0.324 e. The van der Waals surface area contributed by atoms with Crippen molar-refractivity contribution in [3.05, 3.63) is 58.0 Å². The highest BCUT2D eigenvalue weighted by atomic mass is 32.2. The molecule has 0 spiro atoms.